The summed E-state index contributed by atoms with van der Waals surface area (Å²) in [5.74, 6) is -2.48. The Hall–Kier alpha value is -0.730. The second-order valence-corrected chi connectivity index (χ2v) is 7.22. The van der Waals surface area contributed by atoms with Gasteiger partial charge in [0.1, 0.15) is 6.10 Å². The summed E-state index contributed by atoms with van der Waals surface area (Å²) >= 11 is 0. The average molecular weight is 314 g/mol. The zero-order valence-electron chi connectivity index (χ0n) is 12.5. The summed E-state index contributed by atoms with van der Waals surface area (Å²) in [6.07, 6.45) is -0.448. The van der Waals surface area contributed by atoms with E-state index < -0.39 is 42.2 Å². The molecule has 0 aromatic heterocycles. The summed E-state index contributed by atoms with van der Waals surface area (Å²) in [4.78, 5) is 11.8. The maximum atomic E-state index is 11.8. The van der Waals surface area contributed by atoms with Gasteiger partial charge in [0.05, 0.1) is 37.3 Å². The van der Waals surface area contributed by atoms with Crippen LogP contribution in [0.4, 0.5) is 0 Å². The zero-order valence-corrected chi connectivity index (χ0v) is 12.5. The van der Waals surface area contributed by atoms with Gasteiger partial charge in [-0.05, 0) is 12.8 Å². The zero-order chi connectivity index (χ0) is 15.7. The molecule has 0 aromatic carbocycles. The molecular weight excluding hydrogens is 292 g/mol. The van der Waals surface area contributed by atoms with E-state index in [-0.39, 0.29) is 30.8 Å². The number of carbonyl (C=O) groups excluding carboxylic acids is 1. The summed E-state index contributed by atoms with van der Waals surface area (Å²) in [7, 11) is 0. The lowest BCUT2D eigenvalue weighted by molar-refractivity contribution is -0.333. The molecule has 3 N–H and O–H groups in total. The Kier molecular flexibility index (Phi) is 3.13. The minimum Gasteiger partial charge on any atom is -0.462 e. The molecular formula is C15H22O7. The van der Waals surface area contributed by atoms with E-state index in [9.17, 15) is 20.1 Å². The first-order chi connectivity index (χ1) is 10.4. The molecule has 7 heteroatoms. The summed E-state index contributed by atoms with van der Waals surface area (Å²) in [6, 6.07) is 0. The largest absolute Gasteiger partial charge is 0.462 e. The van der Waals surface area contributed by atoms with Crippen molar-refractivity contribution in [2.24, 2.45) is 17.8 Å². The van der Waals surface area contributed by atoms with Gasteiger partial charge in [0.15, 0.2) is 5.60 Å². The molecule has 1 aliphatic carbocycles. The number of aliphatic hydroxyl groups excluding tert-OH is 2. The minimum absolute atomic E-state index is 0.0610. The molecule has 0 aromatic rings. The monoisotopic (exact) mass is 314 g/mol. The van der Waals surface area contributed by atoms with Crippen molar-refractivity contribution in [3.63, 3.8) is 0 Å². The molecule has 124 valence electrons. The molecule has 4 rings (SSSR count). The average Bonchev–Trinajstić information content (AvgIpc) is 2.90. The van der Waals surface area contributed by atoms with Crippen LogP contribution in [0.1, 0.15) is 26.2 Å². The fraction of sp³-hybridized carbons (Fsp3) is 0.933. The van der Waals surface area contributed by atoms with Crippen LogP contribution in [-0.2, 0) is 19.0 Å². The van der Waals surface area contributed by atoms with E-state index in [0.717, 1.165) is 0 Å². The van der Waals surface area contributed by atoms with Crippen molar-refractivity contribution in [3.05, 3.63) is 0 Å². The fourth-order valence-electron chi connectivity index (χ4n) is 4.61. The van der Waals surface area contributed by atoms with Crippen molar-refractivity contribution in [1.29, 1.82) is 0 Å². The van der Waals surface area contributed by atoms with Gasteiger partial charge in [-0.2, -0.15) is 0 Å². The third kappa shape index (κ3) is 1.71. The highest BCUT2D eigenvalue weighted by Gasteiger charge is 2.72. The van der Waals surface area contributed by atoms with E-state index in [1.165, 1.54) is 0 Å². The van der Waals surface area contributed by atoms with Gasteiger partial charge in [0, 0.05) is 12.3 Å². The molecule has 8 atom stereocenters. The summed E-state index contributed by atoms with van der Waals surface area (Å²) in [5.41, 5.74) is -1.68. The number of esters is 1. The molecule has 0 radical (unpaired) electrons. The van der Waals surface area contributed by atoms with Crippen LogP contribution in [-0.4, -0.2) is 64.2 Å². The number of ether oxygens (including phenoxy) is 3. The van der Waals surface area contributed by atoms with Gasteiger partial charge in [-0.1, -0.05) is 6.92 Å². The highest BCUT2D eigenvalue weighted by molar-refractivity contribution is 5.75. The smallest absolute Gasteiger partial charge is 0.309 e. The van der Waals surface area contributed by atoms with E-state index in [0.29, 0.717) is 12.8 Å². The third-order valence-corrected chi connectivity index (χ3v) is 5.94. The Morgan fingerprint density at radius 2 is 2.05 bits per heavy atom. The van der Waals surface area contributed by atoms with Gasteiger partial charge in [-0.3, -0.25) is 4.79 Å². The first-order valence-corrected chi connectivity index (χ1v) is 7.94. The van der Waals surface area contributed by atoms with E-state index in [1.807, 2.05) is 6.92 Å². The van der Waals surface area contributed by atoms with Crippen LogP contribution in [0.3, 0.4) is 0 Å². The van der Waals surface area contributed by atoms with Crippen LogP contribution >= 0.6 is 0 Å². The first-order valence-electron chi connectivity index (χ1n) is 7.94. The third-order valence-electron chi connectivity index (χ3n) is 5.94. The molecule has 3 aliphatic heterocycles. The Bertz CT molecular complexity index is 496. The molecule has 4 fully saturated rings. The molecule has 1 spiro atoms. The van der Waals surface area contributed by atoms with Crippen LogP contribution in [0.15, 0.2) is 0 Å². The first kappa shape index (κ1) is 14.8. The quantitative estimate of drug-likeness (QED) is 0.543. The summed E-state index contributed by atoms with van der Waals surface area (Å²) in [6.45, 7) is 1.55. The maximum absolute atomic E-state index is 11.8. The molecule has 1 saturated carbocycles. The van der Waals surface area contributed by atoms with E-state index in [1.54, 1.807) is 0 Å². The molecule has 3 heterocycles. The van der Waals surface area contributed by atoms with Gasteiger partial charge in [-0.15, -0.1) is 0 Å². The fourth-order valence-corrected chi connectivity index (χ4v) is 4.61. The normalized spacial score (nSPS) is 57.0. The number of carbonyl (C=O) groups is 1. The molecule has 22 heavy (non-hydrogen) atoms. The summed E-state index contributed by atoms with van der Waals surface area (Å²) in [5, 5.41) is 31.3. The van der Waals surface area contributed by atoms with E-state index in [4.69, 9.17) is 14.2 Å². The lowest BCUT2D eigenvalue weighted by Crippen LogP contribution is -2.64. The number of fused-ring (bicyclic) bond motifs is 4. The van der Waals surface area contributed by atoms with E-state index in [2.05, 4.69) is 0 Å². The van der Waals surface area contributed by atoms with Crippen molar-refractivity contribution >= 4 is 5.97 Å². The van der Waals surface area contributed by atoms with Gasteiger partial charge in [-0.25, -0.2) is 0 Å². The number of rotatable bonds is 1. The molecule has 3 saturated heterocycles. The van der Waals surface area contributed by atoms with Gasteiger partial charge >= 0.3 is 5.97 Å². The topological polar surface area (TPSA) is 105 Å². The molecule has 0 amide bonds. The Balaban J connectivity index is 1.70. The lowest BCUT2D eigenvalue weighted by atomic mass is 9.69. The number of hydrogen-bond acceptors (Lipinski definition) is 7. The predicted molar refractivity (Wildman–Crippen MR) is 71.5 cm³/mol. The van der Waals surface area contributed by atoms with Crippen LogP contribution in [0.25, 0.3) is 0 Å². The minimum atomic E-state index is -1.68. The molecule has 7 nitrogen and oxygen atoms in total. The van der Waals surface area contributed by atoms with E-state index >= 15 is 0 Å². The second-order valence-electron chi connectivity index (χ2n) is 7.22. The SMILES string of the molecule is C[C@@H]1CO[C@@]2(C[C@@H]1O)O[C@@H]1C[C@@H]3C[C@@H](OC3=O)[C@@H]1[C@@]2(O)CO. The van der Waals surface area contributed by atoms with Crippen LogP contribution < -0.4 is 0 Å². The molecule has 4 aliphatic rings. The predicted octanol–water partition coefficient (Wildman–Crippen LogP) is -0.826. The van der Waals surface area contributed by atoms with Gasteiger partial charge < -0.3 is 29.5 Å². The highest BCUT2D eigenvalue weighted by Crippen LogP contribution is 2.57. The Morgan fingerprint density at radius 1 is 1.32 bits per heavy atom. The van der Waals surface area contributed by atoms with Crippen molar-refractivity contribution in [3.8, 4) is 0 Å². The Morgan fingerprint density at radius 3 is 2.73 bits per heavy atom. The van der Waals surface area contributed by atoms with Crippen LogP contribution in [0.5, 0.6) is 0 Å². The standard InChI is InChI=1S/C15H22O7/c1-7-5-20-15(4-9(7)17)14(19,6-16)12-10-2-8(13(18)21-10)3-11(12)22-15/h7-12,16-17,19H,2-6H2,1H3/t7-,8+,9+,10-,11-,12+,14+,15+/m1/s1. The second kappa shape index (κ2) is 4.64. The van der Waals surface area contributed by atoms with Crippen LogP contribution in [0.2, 0.25) is 0 Å². The molecule has 2 bridgehead atoms. The summed E-state index contributed by atoms with van der Waals surface area (Å²) < 4.78 is 17.2. The number of aliphatic hydroxyl groups is 3. The van der Waals surface area contributed by atoms with Crippen LogP contribution in [0, 0.1) is 17.8 Å². The van der Waals surface area contributed by atoms with Gasteiger partial charge in [0.2, 0.25) is 5.79 Å². The van der Waals surface area contributed by atoms with Crippen molar-refractivity contribution in [2.45, 2.75) is 55.9 Å². The Labute approximate surface area is 128 Å². The van der Waals surface area contributed by atoms with Crippen molar-refractivity contribution in [2.75, 3.05) is 13.2 Å². The maximum Gasteiger partial charge on any atom is 0.309 e. The van der Waals surface area contributed by atoms with Crippen molar-refractivity contribution < 1.29 is 34.3 Å². The molecule has 0 unspecified atom stereocenters. The lowest BCUT2D eigenvalue weighted by Gasteiger charge is -2.47. The van der Waals surface area contributed by atoms with Crippen molar-refractivity contribution in [1.82, 2.24) is 0 Å². The van der Waals surface area contributed by atoms with Gasteiger partial charge in [0.25, 0.3) is 0 Å². The number of hydrogen-bond donors (Lipinski definition) is 3. The highest BCUT2D eigenvalue weighted by atomic mass is 16.7.